The van der Waals surface area contributed by atoms with Gasteiger partial charge in [-0.05, 0) is 22.0 Å². The Kier molecular flexibility index (Phi) is 4.01. The first-order valence-corrected chi connectivity index (χ1v) is 5.25. The monoisotopic (exact) mass is 298 g/mol. The molecule has 16 heavy (non-hydrogen) atoms. The zero-order valence-corrected chi connectivity index (χ0v) is 10.0. The van der Waals surface area contributed by atoms with Crippen LogP contribution in [0.3, 0.4) is 0 Å². The molecule has 1 rings (SSSR count). The SMILES string of the molecule is CN(CCC(F)(F)F)C(=O)c1cc(Br)c[nH]1. The maximum absolute atomic E-state index is 11.9. The smallest absolute Gasteiger partial charge is 0.356 e. The standard InChI is InChI=1S/C9H10BrF3N2O/c1-15(3-2-9(11,12)13)8(16)7-4-6(10)5-14-7/h4-5,14H,2-3H2,1H3. The quantitative estimate of drug-likeness (QED) is 0.915. The van der Waals surface area contributed by atoms with Crippen LogP contribution in [0.1, 0.15) is 16.9 Å². The van der Waals surface area contributed by atoms with Gasteiger partial charge in [0.25, 0.3) is 5.91 Å². The molecule has 0 atom stereocenters. The molecule has 1 heterocycles. The molecular weight excluding hydrogens is 289 g/mol. The lowest BCUT2D eigenvalue weighted by Gasteiger charge is -2.17. The summed E-state index contributed by atoms with van der Waals surface area (Å²) in [6, 6.07) is 1.52. The summed E-state index contributed by atoms with van der Waals surface area (Å²) in [5.41, 5.74) is 0.261. The van der Waals surface area contributed by atoms with Crippen molar-refractivity contribution in [2.75, 3.05) is 13.6 Å². The minimum Gasteiger partial charge on any atom is -0.356 e. The summed E-state index contributed by atoms with van der Waals surface area (Å²) in [6.07, 6.45) is -3.70. The predicted molar refractivity (Wildman–Crippen MR) is 56.1 cm³/mol. The van der Waals surface area contributed by atoms with Crippen molar-refractivity contribution in [1.82, 2.24) is 9.88 Å². The average Bonchev–Trinajstić information content (AvgIpc) is 2.59. The molecule has 0 aliphatic carbocycles. The number of H-pyrrole nitrogens is 1. The van der Waals surface area contributed by atoms with Gasteiger partial charge in [0, 0.05) is 24.3 Å². The second kappa shape index (κ2) is 4.90. The van der Waals surface area contributed by atoms with E-state index in [1.165, 1.54) is 13.1 Å². The van der Waals surface area contributed by atoms with Crippen LogP contribution in [-0.2, 0) is 0 Å². The largest absolute Gasteiger partial charge is 0.390 e. The molecule has 0 saturated carbocycles. The van der Waals surface area contributed by atoms with Gasteiger partial charge in [-0.25, -0.2) is 0 Å². The highest BCUT2D eigenvalue weighted by Gasteiger charge is 2.28. The summed E-state index contributed by atoms with van der Waals surface area (Å²) in [5.74, 6) is -0.463. The van der Waals surface area contributed by atoms with E-state index in [4.69, 9.17) is 0 Å². The van der Waals surface area contributed by atoms with E-state index in [1.807, 2.05) is 0 Å². The number of aromatic nitrogens is 1. The molecule has 0 spiro atoms. The van der Waals surface area contributed by atoms with Crippen LogP contribution in [0.2, 0.25) is 0 Å². The first-order valence-electron chi connectivity index (χ1n) is 4.46. The second-order valence-corrected chi connectivity index (χ2v) is 4.24. The summed E-state index contributed by atoms with van der Waals surface area (Å²) in [7, 11) is 1.34. The van der Waals surface area contributed by atoms with Crippen molar-refractivity contribution in [3.8, 4) is 0 Å². The Balaban J connectivity index is 2.55. The lowest BCUT2D eigenvalue weighted by molar-refractivity contribution is -0.136. The maximum atomic E-state index is 11.9. The molecule has 0 unspecified atom stereocenters. The van der Waals surface area contributed by atoms with E-state index >= 15 is 0 Å². The number of aromatic amines is 1. The van der Waals surface area contributed by atoms with E-state index in [1.54, 1.807) is 6.20 Å². The summed E-state index contributed by atoms with van der Waals surface area (Å²) in [5, 5.41) is 0. The first-order chi connectivity index (χ1) is 7.29. The van der Waals surface area contributed by atoms with Crippen LogP contribution < -0.4 is 0 Å². The molecule has 0 radical (unpaired) electrons. The van der Waals surface area contributed by atoms with E-state index in [9.17, 15) is 18.0 Å². The van der Waals surface area contributed by atoms with Crippen LogP contribution in [0.25, 0.3) is 0 Å². The number of hydrogen-bond acceptors (Lipinski definition) is 1. The zero-order chi connectivity index (χ0) is 12.3. The van der Waals surface area contributed by atoms with E-state index in [-0.39, 0.29) is 12.2 Å². The number of halogens is 4. The third kappa shape index (κ3) is 3.88. The number of carbonyl (C=O) groups excluding carboxylic acids is 1. The van der Waals surface area contributed by atoms with Crippen molar-refractivity contribution in [1.29, 1.82) is 0 Å². The van der Waals surface area contributed by atoms with Crippen molar-refractivity contribution in [2.24, 2.45) is 0 Å². The summed E-state index contributed by atoms with van der Waals surface area (Å²) < 4.78 is 36.5. The van der Waals surface area contributed by atoms with Crippen LogP contribution in [0.5, 0.6) is 0 Å². The van der Waals surface area contributed by atoms with E-state index in [0.29, 0.717) is 4.47 Å². The number of hydrogen-bond donors (Lipinski definition) is 1. The van der Waals surface area contributed by atoms with Crippen LogP contribution >= 0.6 is 15.9 Å². The summed E-state index contributed by atoms with van der Waals surface area (Å²) >= 11 is 3.14. The molecule has 0 aliphatic heterocycles. The highest BCUT2D eigenvalue weighted by Crippen LogP contribution is 2.20. The lowest BCUT2D eigenvalue weighted by atomic mass is 10.3. The van der Waals surface area contributed by atoms with Gasteiger partial charge in [0.1, 0.15) is 5.69 Å². The van der Waals surface area contributed by atoms with Crippen molar-refractivity contribution < 1.29 is 18.0 Å². The number of nitrogens with zero attached hydrogens (tertiary/aromatic N) is 1. The Morgan fingerprint density at radius 2 is 2.19 bits per heavy atom. The van der Waals surface area contributed by atoms with Crippen LogP contribution in [0, 0.1) is 0 Å². The molecule has 1 aromatic heterocycles. The molecule has 3 nitrogen and oxygen atoms in total. The minimum absolute atomic E-state index is 0.261. The third-order valence-electron chi connectivity index (χ3n) is 1.96. The van der Waals surface area contributed by atoms with Crippen molar-refractivity contribution in [3.05, 3.63) is 22.4 Å². The second-order valence-electron chi connectivity index (χ2n) is 3.32. The topological polar surface area (TPSA) is 36.1 Å². The van der Waals surface area contributed by atoms with Crippen LogP contribution in [-0.4, -0.2) is 35.6 Å². The van der Waals surface area contributed by atoms with Gasteiger partial charge in [-0.15, -0.1) is 0 Å². The third-order valence-corrected chi connectivity index (χ3v) is 2.41. The van der Waals surface area contributed by atoms with Gasteiger partial charge in [-0.1, -0.05) is 0 Å². The first kappa shape index (κ1) is 13.1. The van der Waals surface area contributed by atoms with Gasteiger partial charge < -0.3 is 9.88 Å². The molecular formula is C9H10BrF3N2O. The van der Waals surface area contributed by atoms with Crippen LogP contribution in [0.15, 0.2) is 16.7 Å². The highest BCUT2D eigenvalue weighted by molar-refractivity contribution is 9.10. The molecule has 90 valence electrons. The van der Waals surface area contributed by atoms with Gasteiger partial charge in [0.15, 0.2) is 0 Å². The highest BCUT2D eigenvalue weighted by atomic mass is 79.9. The van der Waals surface area contributed by atoms with Gasteiger partial charge in [0.2, 0.25) is 0 Å². The number of amides is 1. The van der Waals surface area contributed by atoms with E-state index in [2.05, 4.69) is 20.9 Å². The Hall–Kier alpha value is -0.980. The summed E-state index contributed by atoms with van der Waals surface area (Å²) in [6.45, 7) is -0.348. The lowest BCUT2D eigenvalue weighted by Crippen LogP contribution is -2.30. The molecule has 0 saturated heterocycles. The normalized spacial score (nSPS) is 11.6. The number of rotatable bonds is 3. The summed E-state index contributed by atoms with van der Waals surface area (Å²) in [4.78, 5) is 15.3. The molecule has 7 heteroatoms. The molecule has 1 N–H and O–H groups in total. The molecule has 0 fully saturated rings. The van der Waals surface area contributed by atoms with E-state index in [0.717, 1.165) is 4.90 Å². The maximum Gasteiger partial charge on any atom is 0.390 e. The van der Waals surface area contributed by atoms with Crippen molar-refractivity contribution in [3.63, 3.8) is 0 Å². The fourth-order valence-corrected chi connectivity index (χ4v) is 1.44. The fourth-order valence-electron chi connectivity index (χ4n) is 1.09. The minimum atomic E-state index is -4.25. The number of alkyl halides is 3. The fraction of sp³-hybridized carbons (Fsp3) is 0.444. The molecule has 0 bridgehead atoms. The Morgan fingerprint density at radius 1 is 1.56 bits per heavy atom. The van der Waals surface area contributed by atoms with Crippen LogP contribution in [0.4, 0.5) is 13.2 Å². The van der Waals surface area contributed by atoms with Gasteiger partial charge in [0.05, 0.1) is 6.42 Å². The zero-order valence-electron chi connectivity index (χ0n) is 8.44. The average molecular weight is 299 g/mol. The number of nitrogens with one attached hydrogen (secondary N) is 1. The molecule has 1 amide bonds. The Bertz CT molecular complexity index is 375. The predicted octanol–water partition coefficient (Wildman–Crippen LogP) is 2.80. The van der Waals surface area contributed by atoms with E-state index < -0.39 is 18.5 Å². The van der Waals surface area contributed by atoms with Gasteiger partial charge >= 0.3 is 6.18 Å². The Morgan fingerprint density at radius 3 is 2.62 bits per heavy atom. The van der Waals surface area contributed by atoms with Crippen molar-refractivity contribution >= 4 is 21.8 Å². The van der Waals surface area contributed by atoms with Gasteiger partial charge in [-0.3, -0.25) is 4.79 Å². The number of carbonyl (C=O) groups is 1. The van der Waals surface area contributed by atoms with Crippen molar-refractivity contribution in [2.45, 2.75) is 12.6 Å². The molecule has 1 aromatic rings. The van der Waals surface area contributed by atoms with Gasteiger partial charge in [-0.2, -0.15) is 13.2 Å². The molecule has 0 aromatic carbocycles. The Labute approximate surface area is 98.8 Å². The molecule has 0 aliphatic rings.